The number of benzene rings is 3. The molecule has 3 aromatic carbocycles. The highest BCUT2D eigenvalue weighted by Crippen LogP contribution is 2.35. The summed E-state index contributed by atoms with van der Waals surface area (Å²) in [6.07, 6.45) is 0.307. The third kappa shape index (κ3) is 5.54. The van der Waals surface area contributed by atoms with Gasteiger partial charge in [0.2, 0.25) is 0 Å². The van der Waals surface area contributed by atoms with Gasteiger partial charge in [-0.05, 0) is 67.6 Å². The highest BCUT2D eigenvalue weighted by Gasteiger charge is 2.45. The van der Waals surface area contributed by atoms with Gasteiger partial charge in [0.15, 0.2) is 12.5 Å². The van der Waals surface area contributed by atoms with E-state index in [4.69, 9.17) is 15.3 Å². The van der Waals surface area contributed by atoms with E-state index in [0.29, 0.717) is 47.7 Å². The molecule has 3 unspecified atom stereocenters. The molecule has 2 aliphatic heterocycles. The van der Waals surface area contributed by atoms with Crippen LogP contribution in [0.25, 0.3) is 0 Å². The van der Waals surface area contributed by atoms with Crippen molar-refractivity contribution < 1.29 is 29.0 Å². The Labute approximate surface area is 237 Å². The van der Waals surface area contributed by atoms with Crippen LogP contribution in [0.4, 0.5) is 5.69 Å². The van der Waals surface area contributed by atoms with Crippen LogP contribution >= 0.6 is 0 Å². The molecule has 0 aromatic heterocycles. The summed E-state index contributed by atoms with van der Waals surface area (Å²) in [5.74, 6) is 5.77. The van der Waals surface area contributed by atoms with E-state index in [9.17, 15) is 19.5 Å². The maximum atomic E-state index is 14.1. The van der Waals surface area contributed by atoms with Gasteiger partial charge in [0, 0.05) is 24.6 Å². The fourth-order valence-corrected chi connectivity index (χ4v) is 5.57. The zero-order valence-corrected chi connectivity index (χ0v) is 22.5. The third-order valence-electron chi connectivity index (χ3n) is 7.77. The van der Waals surface area contributed by atoms with Crippen LogP contribution < -0.4 is 15.6 Å². The van der Waals surface area contributed by atoms with Gasteiger partial charge in [-0.25, -0.2) is 20.5 Å². The number of hydrazine groups is 1. The van der Waals surface area contributed by atoms with E-state index in [-0.39, 0.29) is 18.4 Å². The molecule has 3 aliphatic rings. The molecule has 212 valence electrons. The Bertz CT molecular complexity index is 1450. The van der Waals surface area contributed by atoms with Gasteiger partial charge in [-0.3, -0.25) is 9.59 Å². The largest absolute Gasteiger partial charge is 0.457 e. The summed E-state index contributed by atoms with van der Waals surface area (Å²) in [5, 5.41) is 11.8. The molecule has 2 amide bonds. The summed E-state index contributed by atoms with van der Waals surface area (Å²) < 4.78 is 11.9. The third-order valence-corrected chi connectivity index (χ3v) is 7.77. The van der Waals surface area contributed by atoms with Gasteiger partial charge in [0.1, 0.15) is 17.5 Å². The van der Waals surface area contributed by atoms with Crippen molar-refractivity contribution in [2.45, 2.75) is 56.6 Å². The predicted octanol–water partition coefficient (Wildman–Crippen LogP) is 3.20. The molecule has 10 heteroatoms. The average molecular weight is 557 g/mol. The van der Waals surface area contributed by atoms with Crippen LogP contribution in [0, 0.1) is 0 Å². The quantitative estimate of drug-likeness (QED) is 0.279. The molecule has 10 nitrogen and oxygen atoms in total. The standard InChI is InChI=1S/C31H32N4O6/c32-35-25-13-5-4-8-20(25)19-26(31(39)41-27-14-7-17-33(27)29(37)30(35)38)34(22-15-16-22)28(36)21-9-6-12-24(18-21)40-23-10-2-1-3-11-23/h1-6,8-13,18,22,26-27,29,37H,7,14-17,19,32H2. The molecule has 41 heavy (non-hydrogen) atoms. The second-order valence-electron chi connectivity index (χ2n) is 10.6. The van der Waals surface area contributed by atoms with Gasteiger partial charge in [-0.15, -0.1) is 0 Å². The molecule has 3 N–H and O–H groups in total. The van der Waals surface area contributed by atoms with Gasteiger partial charge >= 0.3 is 5.97 Å². The number of anilines is 1. The first-order valence-corrected chi connectivity index (χ1v) is 13.9. The number of amides is 2. The molecule has 0 bridgehead atoms. The van der Waals surface area contributed by atoms with Crippen LogP contribution in [-0.4, -0.2) is 63.8 Å². The van der Waals surface area contributed by atoms with Gasteiger partial charge in [-0.2, -0.15) is 0 Å². The van der Waals surface area contributed by atoms with Crippen LogP contribution in [0.2, 0.25) is 0 Å². The van der Waals surface area contributed by atoms with Crippen LogP contribution in [0.5, 0.6) is 11.5 Å². The van der Waals surface area contributed by atoms with E-state index in [1.165, 1.54) is 4.90 Å². The van der Waals surface area contributed by atoms with E-state index in [0.717, 1.165) is 17.9 Å². The van der Waals surface area contributed by atoms with Crippen molar-refractivity contribution in [3.05, 3.63) is 90.0 Å². The van der Waals surface area contributed by atoms with Crippen molar-refractivity contribution in [2.75, 3.05) is 11.6 Å². The van der Waals surface area contributed by atoms with Crippen molar-refractivity contribution in [3.8, 4) is 11.5 Å². The first-order valence-electron chi connectivity index (χ1n) is 13.9. The van der Waals surface area contributed by atoms with E-state index in [1.807, 2.05) is 30.3 Å². The topological polar surface area (TPSA) is 126 Å². The van der Waals surface area contributed by atoms with Crippen molar-refractivity contribution >= 4 is 23.5 Å². The molecule has 1 saturated heterocycles. The molecular formula is C31H32N4O6. The number of nitrogens with two attached hydrogens (primary N) is 1. The number of fused-ring (bicyclic) bond motifs is 2. The van der Waals surface area contributed by atoms with E-state index in [2.05, 4.69) is 0 Å². The molecule has 1 aliphatic carbocycles. The number of carbonyl (C=O) groups is 3. The predicted molar refractivity (Wildman–Crippen MR) is 150 cm³/mol. The van der Waals surface area contributed by atoms with Gasteiger partial charge in [-0.1, -0.05) is 42.5 Å². The van der Waals surface area contributed by atoms with E-state index >= 15 is 0 Å². The number of aliphatic hydroxyl groups is 1. The van der Waals surface area contributed by atoms with E-state index in [1.54, 1.807) is 53.4 Å². The molecule has 2 fully saturated rings. The van der Waals surface area contributed by atoms with Gasteiger partial charge < -0.3 is 19.5 Å². The Hall–Kier alpha value is -4.25. The fraction of sp³-hybridized carbons (Fsp3) is 0.323. The highest BCUT2D eigenvalue weighted by molar-refractivity contribution is 5.98. The summed E-state index contributed by atoms with van der Waals surface area (Å²) in [6, 6.07) is 22.0. The molecule has 0 radical (unpaired) electrons. The summed E-state index contributed by atoms with van der Waals surface area (Å²) in [7, 11) is 0. The normalized spacial score (nSPS) is 23.2. The first-order chi connectivity index (χ1) is 19.9. The van der Waals surface area contributed by atoms with Crippen LogP contribution in [-0.2, 0) is 20.7 Å². The molecule has 3 atom stereocenters. The van der Waals surface area contributed by atoms with Crippen LogP contribution in [0.3, 0.4) is 0 Å². The molecular weight excluding hydrogens is 524 g/mol. The van der Waals surface area contributed by atoms with E-state index < -0.39 is 30.4 Å². The molecule has 3 aromatic rings. The number of nitrogens with zero attached hydrogens (tertiary/aromatic N) is 3. The SMILES string of the molecule is NN1C(=O)C(O)N2CCCC2OC(=O)C(N(C(=O)c2cccc(Oc3ccccc3)c2)C2CC2)Cc2ccccc21. The lowest BCUT2D eigenvalue weighted by atomic mass is 10.0. The highest BCUT2D eigenvalue weighted by atomic mass is 16.6. The lowest BCUT2D eigenvalue weighted by Gasteiger charge is -2.33. The zero-order valence-electron chi connectivity index (χ0n) is 22.5. The first kappa shape index (κ1) is 26.9. The Morgan fingerprint density at radius 2 is 1.68 bits per heavy atom. The lowest BCUT2D eigenvalue weighted by molar-refractivity contribution is -0.174. The maximum Gasteiger partial charge on any atom is 0.330 e. The Morgan fingerprint density at radius 1 is 0.951 bits per heavy atom. The molecule has 2 heterocycles. The van der Waals surface area contributed by atoms with Gasteiger partial charge in [0.25, 0.3) is 11.8 Å². The summed E-state index contributed by atoms with van der Waals surface area (Å²) in [4.78, 5) is 44.2. The smallest absolute Gasteiger partial charge is 0.330 e. The number of carbonyl (C=O) groups excluding carboxylic acids is 3. The fourth-order valence-electron chi connectivity index (χ4n) is 5.57. The minimum absolute atomic E-state index is 0.0846. The number of rotatable bonds is 5. The summed E-state index contributed by atoms with van der Waals surface area (Å²) >= 11 is 0. The second-order valence-corrected chi connectivity index (χ2v) is 10.6. The number of aliphatic hydroxyl groups excluding tert-OH is 1. The summed E-state index contributed by atoms with van der Waals surface area (Å²) in [5.41, 5.74) is 1.32. The Morgan fingerprint density at radius 3 is 2.46 bits per heavy atom. The molecule has 1 saturated carbocycles. The molecule has 0 spiro atoms. The number of hydrogen-bond acceptors (Lipinski definition) is 8. The molecule has 6 rings (SSSR count). The van der Waals surface area contributed by atoms with Crippen molar-refractivity contribution in [3.63, 3.8) is 0 Å². The van der Waals surface area contributed by atoms with Crippen molar-refractivity contribution in [1.29, 1.82) is 0 Å². The monoisotopic (exact) mass is 556 g/mol. The minimum Gasteiger partial charge on any atom is -0.457 e. The number of para-hydroxylation sites is 2. The second kappa shape index (κ2) is 11.3. The van der Waals surface area contributed by atoms with Crippen molar-refractivity contribution in [1.82, 2.24) is 9.80 Å². The van der Waals surface area contributed by atoms with Crippen LogP contribution in [0.1, 0.15) is 41.6 Å². The summed E-state index contributed by atoms with van der Waals surface area (Å²) in [6.45, 7) is 0.366. The zero-order chi connectivity index (χ0) is 28.5. The maximum absolute atomic E-state index is 14.1. The van der Waals surface area contributed by atoms with Gasteiger partial charge in [0.05, 0.1) is 5.69 Å². The number of ether oxygens (including phenoxy) is 2. The Balaban J connectivity index is 1.36. The van der Waals surface area contributed by atoms with Crippen molar-refractivity contribution in [2.24, 2.45) is 5.84 Å². The lowest BCUT2D eigenvalue weighted by Crippen LogP contribution is -2.54. The minimum atomic E-state index is -1.57. The number of hydrogen-bond donors (Lipinski definition) is 2. The Kier molecular flexibility index (Phi) is 7.44. The number of esters is 1. The average Bonchev–Trinajstić information content (AvgIpc) is 3.73. The van der Waals surface area contributed by atoms with Crippen LogP contribution in [0.15, 0.2) is 78.9 Å².